The third kappa shape index (κ3) is 15.9. The van der Waals surface area contributed by atoms with Crippen LogP contribution in [0.2, 0.25) is 0 Å². The molecule has 326 valence electrons. The molecule has 0 amide bonds. The van der Waals surface area contributed by atoms with Crippen LogP contribution in [0.1, 0.15) is 148 Å². The average Bonchev–Trinajstić information content (AvgIpc) is 3.21. The fraction of sp³-hybridized carbons (Fsp3) is 0.523. The molecule has 3 rings (SSSR count). The molecule has 0 unspecified atom stereocenters. The molecule has 0 saturated carbocycles. The molecule has 0 heterocycles. The van der Waals surface area contributed by atoms with E-state index in [1.165, 1.54) is 90.0 Å². The highest BCUT2D eigenvalue weighted by Crippen LogP contribution is 2.39. The Balaban J connectivity index is 1.52. The molecule has 8 N–H and O–H groups in total. The van der Waals surface area contributed by atoms with Crippen LogP contribution in [-0.4, -0.2) is 85.2 Å². The third-order valence-electron chi connectivity index (χ3n) is 9.81. The maximum atomic E-state index is 13.2. The van der Waals surface area contributed by atoms with Crippen molar-refractivity contribution < 1.29 is 74.2 Å². The number of aromatic hydroxyl groups is 8. The van der Waals surface area contributed by atoms with Crippen LogP contribution in [0.25, 0.3) is 0 Å². The largest absolute Gasteiger partial charge is 0.504 e. The van der Waals surface area contributed by atoms with Gasteiger partial charge >= 0.3 is 17.9 Å². The summed E-state index contributed by atoms with van der Waals surface area (Å²) in [6.45, 7) is 2.14. The smallest absolute Gasteiger partial charge is 0.338 e. The van der Waals surface area contributed by atoms with Crippen molar-refractivity contribution in [2.45, 2.75) is 117 Å². The van der Waals surface area contributed by atoms with Gasteiger partial charge in [0.1, 0.15) is 19.8 Å². The first-order valence-electron chi connectivity index (χ1n) is 20.4. The summed E-state index contributed by atoms with van der Waals surface area (Å²) in [5.41, 5.74) is -2.38. The number of esters is 3. The number of hydrogen-bond donors (Lipinski definition) is 8. The Morgan fingerprint density at radius 1 is 0.441 bits per heavy atom. The van der Waals surface area contributed by atoms with E-state index < -0.39 is 89.1 Å². The first-order chi connectivity index (χ1) is 28.2. The molecule has 0 aliphatic heterocycles. The third-order valence-corrected chi connectivity index (χ3v) is 9.81. The molecule has 3 aromatic carbocycles. The highest BCUT2D eigenvalue weighted by Gasteiger charge is 2.32. The molecule has 15 nitrogen and oxygen atoms in total. The van der Waals surface area contributed by atoms with E-state index >= 15 is 0 Å². The molecule has 0 aliphatic rings. The van der Waals surface area contributed by atoms with E-state index in [4.69, 9.17) is 18.9 Å². The minimum atomic E-state index is -1.49. The Bertz CT molecular complexity index is 1700. The molecule has 0 atom stereocenters. The summed E-state index contributed by atoms with van der Waals surface area (Å²) in [6.07, 6.45) is 19.4. The summed E-state index contributed by atoms with van der Waals surface area (Å²) in [6, 6.07) is 5.55. The van der Waals surface area contributed by atoms with E-state index in [9.17, 15) is 55.2 Å². The number of rotatable bonds is 27. The van der Waals surface area contributed by atoms with Gasteiger partial charge in [-0.1, -0.05) is 103 Å². The molecule has 15 heteroatoms. The Kier molecular flexibility index (Phi) is 19.6. The van der Waals surface area contributed by atoms with Gasteiger partial charge in [0.15, 0.2) is 46.0 Å². The fourth-order valence-electron chi connectivity index (χ4n) is 6.19. The minimum absolute atomic E-state index is 0.135. The van der Waals surface area contributed by atoms with Gasteiger partial charge in [0, 0.05) is 0 Å². The van der Waals surface area contributed by atoms with Gasteiger partial charge < -0.3 is 59.8 Å². The number of phenols is 8. The van der Waals surface area contributed by atoms with E-state index in [0.29, 0.717) is 6.42 Å². The monoisotopic (exact) mass is 828 g/mol. The summed E-state index contributed by atoms with van der Waals surface area (Å²) in [5.74, 6) is -9.38. The molecule has 0 aromatic heterocycles. The number of ether oxygens (including phenoxy) is 4. The Labute approximate surface area is 344 Å². The van der Waals surface area contributed by atoms with Crippen molar-refractivity contribution in [3.63, 3.8) is 0 Å². The average molecular weight is 829 g/mol. The Morgan fingerprint density at radius 2 is 0.729 bits per heavy atom. The van der Waals surface area contributed by atoms with Crippen LogP contribution in [-0.2, 0) is 14.2 Å². The zero-order valence-electron chi connectivity index (χ0n) is 34.0. The van der Waals surface area contributed by atoms with Crippen LogP contribution in [0.3, 0.4) is 0 Å². The molecule has 0 radical (unpaired) electrons. The highest BCUT2D eigenvalue weighted by molar-refractivity contribution is 5.92. The minimum Gasteiger partial charge on any atom is -0.504 e. The number of unbranched alkanes of at least 4 members (excludes halogenated alkanes) is 15. The van der Waals surface area contributed by atoms with Crippen LogP contribution in [0.5, 0.6) is 51.7 Å². The summed E-state index contributed by atoms with van der Waals surface area (Å²) in [7, 11) is 0. The topological polar surface area (TPSA) is 250 Å². The first kappa shape index (κ1) is 47.6. The number of phenolic OH excluding ortho intramolecular Hbond substituents is 8. The van der Waals surface area contributed by atoms with Crippen molar-refractivity contribution >= 4 is 17.9 Å². The lowest BCUT2D eigenvalue weighted by atomic mass is 9.94. The first-order valence-corrected chi connectivity index (χ1v) is 20.4. The molecule has 0 fully saturated rings. The summed E-state index contributed by atoms with van der Waals surface area (Å²) < 4.78 is 21.8. The van der Waals surface area contributed by atoms with E-state index in [1.807, 2.05) is 0 Å². The van der Waals surface area contributed by atoms with Crippen molar-refractivity contribution in [3.8, 4) is 51.7 Å². The molecular weight excluding hydrogens is 768 g/mol. The normalized spacial score (nSPS) is 11.3. The number of carbonyl (C=O) groups is 3. The molecule has 59 heavy (non-hydrogen) atoms. The van der Waals surface area contributed by atoms with Crippen LogP contribution in [0.4, 0.5) is 0 Å². The van der Waals surface area contributed by atoms with Crippen LogP contribution >= 0.6 is 0 Å². The second-order valence-electron chi connectivity index (χ2n) is 15.3. The van der Waals surface area contributed by atoms with E-state index in [1.54, 1.807) is 0 Å². The van der Waals surface area contributed by atoms with Crippen LogP contribution in [0, 0.1) is 5.41 Å². The van der Waals surface area contributed by atoms with Crippen molar-refractivity contribution in [2.24, 2.45) is 5.41 Å². The van der Waals surface area contributed by atoms with Gasteiger partial charge in [0.05, 0.1) is 28.7 Å². The zero-order valence-corrected chi connectivity index (χ0v) is 34.0. The predicted molar refractivity (Wildman–Crippen MR) is 217 cm³/mol. The quantitative estimate of drug-likeness (QED) is 0.0155. The molecule has 0 aliphatic carbocycles. The lowest BCUT2D eigenvalue weighted by Gasteiger charge is -2.28. The molecule has 0 bridgehead atoms. The van der Waals surface area contributed by atoms with E-state index in [2.05, 4.69) is 6.92 Å². The van der Waals surface area contributed by atoms with Gasteiger partial charge in [-0.2, -0.15) is 0 Å². The SMILES string of the molecule is CCCCCCCCCCCCCCCCCCOc1cc(C(=O)OCC(C)(COC(=O)c2cc(O)c(O)c(O)c2)COC(=O)c2cc(O)c(O)c(O)c2)cc(O)c1O. The lowest BCUT2D eigenvalue weighted by molar-refractivity contribution is -0.0288. The van der Waals surface area contributed by atoms with Crippen molar-refractivity contribution in [3.05, 3.63) is 53.1 Å². The van der Waals surface area contributed by atoms with Gasteiger partial charge in [-0.15, -0.1) is 0 Å². The number of hydrogen-bond acceptors (Lipinski definition) is 15. The van der Waals surface area contributed by atoms with Crippen molar-refractivity contribution in [1.82, 2.24) is 0 Å². The molecule has 0 saturated heterocycles. The maximum absolute atomic E-state index is 13.2. The zero-order chi connectivity index (χ0) is 43.4. The van der Waals surface area contributed by atoms with Gasteiger partial charge in [-0.05, 0) is 49.7 Å². The molecule has 3 aromatic rings. The summed E-state index contributed by atoms with van der Waals surface area (Å²) in [5, 5.41) is 79.2. The van der Waals surface area contributed by atoms with Crippen LogP contribution in [0.15, 0.2) is 36.4 Å². The second-order valence-corrected chi connectivity index (χ2v) is 15.3. The van der Waals surface area contributed by atoms with Gasteiger partial charge in [0.25, 0.3) is 0 Å². The number of carbonyl (C=O) groups excluding carboxylic acids is 3. The molecular formula is C44H60O15. The predicted octanol–water partition coefficient (Wildman–Crippen LogP) is 8.85. The van der Waals surface area contributed by atoms with E-state index in [-0.39, 0.29) is 29.0 Å². The van der Waals surface area contributed by atoms with Crippen LogP contribution < -0.4 is 4.74 Å². The van der Waals surface area contributed by atoms with Crippen molar-refractivity contribution in [2.75, 3.05) is 26.4 Å². The van der Waals surface area contributed by atoms with Crippen molar-refractivity contribution in [1.29, 1.82) is 0 Å². The Hall–Kier alpha value is -5.73. The maximum Gasteiger partial charge on any atom is 0.338 e. The number of benzene rings is 3. The van der Waals surface area contributed by atoms with Gasteiger partial charge in [-0.25, -0.2) is 14.4 Å². The fourth-order valence-corrected chi connectivity index (χ4v) is 6.19. The summed E-state index contributed by atoms with van der Waals surface area (Å²) in [4.78, 5) is 38.9. The van der Waals surface area contributed by atoms with Gasteiger partial charge in [-0.3, -0.25) is 0 Å². The van der Waals surface area contributed by atoms with E-state index in [0.717, 1.165) is 49.6 Å². The lowest BCUT2D eigenvalue weighted by Crippen LogP contribution is -2.37. The molecule has 0 spiro atoms. The summed E-state index contributed by atoms with van der Waals surface area (Å²) >= 11 is 0. The highest BCUT2D eigenvalue weighted by atomic mass is 16.6. The standard InChI is InChI=1S/C44H60O15/c1-3-4-5-6-7-8-9-10-11-12-13-14-15-16-17-18-19-56-37-25-31(24-36(49)40(37)52)43(55)59-28-44(2,26-57-41(53)29-20-32(45)38(50)33(46)21-29)27-58-42(54)30-22-34(47)39(51)35(48)23-30/h20-25,45-52H,3-19,26-28H2,1-2H3. The Morgan fingerprint density at radius 3 is 1.07 bits per heavy atom. The van der Waals surface area contributed by atoms with Gasteiger partial charge in [0.2, 0.25) is 5.75 Å². The second kappa shape index (κ2) is 24.3.